The Morgan fingerprint density at radius 1 is 1.38 bits per heavy atom. The molecule has 0 N–H and O–H groups in total. The maximum Gasteiger partial charge on any atom is 0.342 e. The summed E-state index contributed by atoms with van der Waals surface area (Å²) in [4.78, 5) is 28.5. The van der Waals surface area contributed by atoms with Crippen LogP contribution in [0.5, 0.6) is 0 Å². The van der Waals surface area contributed by atoms with E-state index in [-0.39, 0.29) is 23.6 Å². The highest BCUT2D eigenvalue weighted by Crippen LogP contribution is 2.27. The van der Waals surface area contributed by atoms with Crippen LogP contribution in [0.3, 0.4) is 0 Å². The zero-order valence-electron chi connectivity index (χ0n) is 13.8. The van der Waals surface area contributed by atoms with Gasteiger partial charge < -0.3 is 9.64 Å². The number of rotatable bonds is 7. The number of halogens is 1. The lowest BCUT2D eigenvalue weighted by molar-refractivity contribution is -0.107. The number of esters is 1. The zero-order chi connectivity index (χ0) is 17.7. The zero-order valence-corrected chi connectivity index (χ0v) is 13.8. The third kappa shape index (κ3) is 3.27. The smallest absolute Gasteiger partial charge is 0.342 e. The molecule has 8 heteroatoms. The second kappa shape index (κ2) is 7.67. The summed E-state index contributed by atoms with van der Waals surface area (Å²) >= 11 is 0. The number of nitrogens with zero attached hydrogens (tertiary/aromatic N) is 4. The Morgan fingerprint density at radius 3 is 2.67 bits per heavy atom. The molecule has 2 heterocycles. The van der Waals surface area contributed by atoms with Crippen molar-refractivity contribution in [3.05, 3.63) is 29.8 Å². The summed E-state index contributed by atoms with van der Waals surface area (Å²) in [6.07, 6.45) is 3.34. The van der Waals surface area contributed by atoms with Gasteiger partial charge in [0.2, 0.25) is 6.41 Å². The van der Waals surface area contributed by atoms with Crippen LogP contribution in [0.1, 0.15) is 31.1 Å². The van der Waals surface area contributed by atoms with E-state index in [0.29, 0.717) is 25.2 Å². The van der Waals surface area contributed by atoms with Crippen molar-refractivity contribution in [3.63, 3.8) is 0 Å². The predicted octanol–water partition coefficient (Wildman–Crippen LogP) is 2.26. The Morgan fingerprint density at radius 2 is 2.12 bits per heavy atom. The fourth-order valence-corrected chi connectivity index (χ4v) is 2.31. The molecule has 0 aliphatic rings. The SMILES string of the molecule is CCOC(=O)c1cnn(CC)c1-c1ncc(N(C=O)CC)cc1F. The fraction of sp³-hybridized carbons (Fsp3) is 0.375. The van der Waals surface area contributed by atoms with E-state index < -0.39 is 11.8 Å². The van der Waals surface area contributed by atoms with Crippen molar-refractivity contribution in [2.24, 2.45) is 0 Å². The summed E-state index contributed by atoms with van der Waals surface area (Å²) in [5, 5.41) is 4.09. The number of aromatic nitrogens is 3. The van der Waals surface area contributed by atoms with Crippen LogP contribution in [0.25, 0.3) is 11.4 Å². The third-order valence-electron chi connectivity index (χ3n) is 3.48. The quantitative estimate of drug-likeness (QED) is 0.573. The molecule has 0 aliphatic heterocycles. The lowest BCUT2D eigenvalue weighted by Gasteiger charge is -2.15. The highest BCUT2D eigenvalue weighted by molar-refractivity contribution is 5.95. The minimum Gasteiger partial charge on any atom is -0.462 e. The molecule has 24 heavy (non-hydrogen) atoms. The van der Waals surface area contributed by atoms with E-state index in [4.69, 9.17) is 4.74 Å². The van der Waals surface area contributed by atoms with E-state index in [1.54, 1.807) is 13.8 Å². The van der Waals surface area contributed by atoms with Crippen LogP contribution < -0.4 is 4.90 Å². The standard InChI is InChI=1S/C16H19FN4O3/c1-4-20(10-22)11-7-13(17)14(18-8-11)15-12(16(23)24-6-3)9-19-21(15)5-2/h7-10H,4-6H2,1-3H3. The van der Waals surface area contributed by atoms with Gasteiger partial charge in [0.1, 0.15) is 17.0 Å². The number of anilines is 1. The van der Waals surface area contributed by atoms with E-state index >= 15 is 0 Å². The molecule has 0 radical (unpaired) electrons. The Balaban J connectivity index is 2.53. The van der Waals surface area contributed by atoms with E-state index in [1.165, 1.54) is 28.0 Å². The molecule has 0 spiro atoms. The second-order valence-corrected chi connectivity index (χ2v) is 4.86. The van der Waals surface area contributed by atoms with Crippen LogP contribution in [0.4, 0.5) is 10.1 Å². The van der Waals surface area contributed by atoms with Gasteiger partial charge >= 0.3 is 5.97 Å². The van der Waals surface area contributed by atoms with Crippen molar-refractivity contribution in [2.75, 3.05) is 18.1 Å². The van der Waals surface area contributed by atoms with Gasteiger partial charge in [-0.05, 0) is 20.8 Å². The summed E-state index contributed by atoms with van der Waals surface area (Å²) in [6, 6.07) is 1.21. The first-order valence-electron chi connectivity index (χ1n) is 7.68. The molecule has 0 fully saturated rings. The lowest BCUT2D eigenvalue weighted by Crippen LogP contribution is -2.20. The van der Waals surface area contributed by atoms with Gasteiger partial charge in [0, 0.05) is 19.2 Å². The van der Waals surface area contributed by atoms with Crippen molar-refractivity contribution >= 4 is 18.1 Å². The minimum atomic E-state index is -0.645. The average Bonchev–Trinajstić information content (AvgIpc) is 3.00. The maximum absolute atomic E-state index is 14.6. The first-order valence-corrected chi connectivity index (χ1v) is 7.68. The summed E-state index contributed by atoms with van der Waals surface area (Å²) in [6.45, 7) is 6.32. The van der Waals surface area contributed by atoms with E-state index in [1.807, 2.05) is 6.92 Å². The molecule has 128 valence electrons. The van der Waals surface area contributed by atoms with E-state index in [9.17, 15) is 14.0 Å². The molecule has 0 unspecified atom stereocenters. The van der Waals surface area contributed by atoms with Crippen molar-refractivity contribution in [2.45, 2.75) is 27.3 Å². The first kappa shape index (κ1) is 17.6. The molecular weight excluding hydrogens is 315 g/mol. The van der Waals surface area contributed by atoms with Crippen LogP contribution in [-0.2, 0) is 16.1 Å². The van der Waals surface area contributed by atoms with Crippen LogP contribution in [0.2, 0.25) is 0 Å². The average molecular weight is 334 g/mol. The fourth-order valence-electron chi connectivity index (χ4n) is 2.31. The summed E-state index contributed by atoms with van der Waals surface area (Å²) in [7, 11) is 0. The molecule has 0 bridgehead atoms. The Hall–Kier alpha value is -2.77. The normalized spacial score (nSPS) is 10.5. The summed E-state index contributed by atoms with van der Waals surface area (Å²) in [5.74, 6) is -1.23. The van der Waals surface area contributed by atoms with Crippen LogP contribution >= 0.6 is 0 Å². The van der Waals surface area contributed by atoms with Gasteiger partial charge in [-0.1, -0.05) is 0 Å². The number of pyridine rings is 1. The number of hydrogen-bond donors (Lipinski definition) is 0. The van der Waals surface area contributed by atoms with Crippen molar-refractivity contribution in [1.82, 2.24) is 14.8 Å². The summed E-state index contributed by atoms with van der Waals surface area (Å²) in [5.41, 5.74) is 0.742. The number of aryl methyl sites for hydroxylation is 1. The molecule has 2 rings (SSSR count). The highest BCUT2D eigenvalue weighted by Gasteiger charge is 2.23. The number of amides is 1. The van der Waals surface area contributed by atoms with Crippen LogP contribution in [0.15, 0.2) is 18.5 Å². The van der Waals surface area contributed by atoms with Gasteiger partial charge in [0.15, 0.2) is 5.82 Å². The molecular formula is C16H19FN4O3. The van der Waals surface area contributed by atoms with Gasteiger partial charge in [-0.15, -0.1) is 0 Å². The van der Waals surface area contributed by atoms with Gasteiger partial charge in [0.05, 0.1) is 24.7 Å². The summed E-state index contributed by atoms with van der Waals surface area (Å²) < 4.78 is 21.1. The molecule has 2 aromatic heterocycles. The highest BCUT2D eigenvalue weighted by atomic mass is 19.1. The number of carbonyl (C=O) groups excluding carboxylic acids is 2. The molecule has 0 aliphatic carbocycles. The molecule has 0 aromatic carbocycles. The van der Waals surface area contributed by atoms with Crippen LogP contribution in [-0.4, -0.2) is 40.3 Å². The molecule has 0 saturated carbocycles. The van der Waals surface area contributed by atoms with Crippen molar-refractivity contribution < 1.29 is 18.7 Å². The molecule has 0 saturated heterocycles. The molecule has 7 nitrogen and oxygen atoms in total. The molecule has 2 aromatic rings. The van der Waals surface area contributed by atoms with Gasteiger partial charge in [-0.3, -0.25) is 9.48 Å². The predicted molar refractivity (Wildman–Crippen MR) is 86.1 cm³/mol. The van der Waals surface area contributed by atoms with Gasteiger partial charge in [0.25, 0.3) is 0 Å². The van der Waals surface area contributed by atoms with E-state index in [2.05, 4.69) is 10.1 Å². The number of ether oxygens (including phenoxy) is 1. The maximum atomic E-state index is 14.6. The minimum absolute atomic E-state index is 0.0110. The first-order chi connectivity index (χ1) is 11.6. The van der Waals surface area contributed by atoms with Gasteiger partial charge in [-0.2, -0.15) is 5.10 Å². The van der Waals surface area contributed by atoms with Crippen molar-refractivity contribution in [1.29, 1.82) is 0 Å². The number of carbonyl (C=O) groups is 2. The largest absolute Gasteiger partial charge is 0.462 e. The Labute approximate surface area is 139 Å². The van der Waals surface area contributed by atoms with Crippen molar-refractivity contribution in [3.8, 4) is 11.4 Å². The topological polar surface area (TPSA) is 77.3 Å². The van der Waals surface area contributed by atoms with Gasteiger partial charge in [-0.25, -0.2) is 14.2 Å². The second-order valence-electron chi connectivity index (χ2n) is 4.86. The molecule has 1 amide bonds. The van der Waals surface area contributed by atoms with Crippen LogP contribution in [0, 0.1) is 5.82 Å². The van der Waals surface area contributed by atoms with E-state index in [0.717, 1.165) is 0 Å². The molecule has 0 atom stereocenters. The Kier molecular flexibility index (Phi) is 5.62. The third-order valence-corrected chi connectivity index (χ3v) is 3.48. The lowest BCUT2D eigenvalue weighted by atomic mass is 10.1. The number of hydrogen-bond acceptors (Lipinski definition) is 5. The Bertz CT molecular complexity index is 745. The monoisotopic (exact) mass is 334 g/mol.